The quantitative estimate of drug-likeness (QED) is 0.412. The van der Waals surface area contributed by atoms with Gasteiger partial charge in [0.25, 0.3) is 0 Å². The zero-order chi connectivity index (χ0) is 17.6. The van der Waals surface area contributed by atoms with Crippen LogP contribution in [0.15, 0.2) is 30.3 Å². The monoisotopic (exact) mass is 371 g/mol. The molecule has 2 saturated heterocycles. The average Bonchev–Trinajstić information content (AvgIpc) is 2.80. The number of hydrogen-bond donors (Lipinski definition) is 2. The molecule has 1 unspecified atom stereocenters. The van der Waals surface area contributed by atoms with Crippen LogP contribution in [0.3, 0.4) is 0 Å². The van der Waals surface area contributed by atoms with Crippen molar-refractivity contribution in [1.82, 2.24) is 10.2 Å². The summed E-state index contributed by atoms with van der Waals surface area (Å²) in [4.78, 5) is 37.2. The minimum atomic E-state index is -1.28. The zero-order valence-corrected chi connectivity index (χ0v) is 17.1. The molecule has 0 bridgehead atoms. The van der Waals surface area contributed by atoms with E-state index >= 15 is 0 Å². The van der Waals surface area contributed by atoms with Crippen molar-refractivity contribution in [3.05, 3.63) is 35.9 Å². The summed E-state index contributed by atoms with van der Waals surface area (Å²) < 4.78 is -0.680. The van der Waals surface area contributed by atoms with Gasteiger partial charge >= 0.3 is 29.6 Å². The Kier molecular flexibility index (Phi) is 5.90. The van der Waals surface area contributed by atoms with E-state index in [1.54, 1.807) is 38.1 Å². The molecule has 2 aliphatic rings. The SMILES string of the molecule is CC1(C)SC2[C@H](NC(=O)[C@H](N)c3ccccc3)C(=O)N2[C@H]1C(=O)[O-].[Na+]. The maximum Gasteiger partial charge on any atom is 1.00 e. The van der Waals surface area contributed by atoms with Crippen LogP contribution in [0.2, 0.25) is 0 Å². The van der Waals surface area contributed by atoms with Gasteiger partial charge in [0.2, 0.25) is 11.8 Å². The molecule has 2 aliphatic heterocycles. The molecule has 0 saturated carbocycles. The topological polar surface area (TPSA) is 116 Å². The second-order valence-corrected chi connectivity index (χ2v) is 8.22. The number of carboxylic acid groups (broad SMARTS) is 1. The van der Waals surface area contributed by atoms with Gasteiger partial charge in [0, 0.05) is 4.75 Å². The maximum absolute atomic E-state index is 12.3. The Bertz CT molecular complexity index is 700. The van der Waals surface area contributed by atoms with Crippen LogP contribution >= 0.6 is 11.8 Å². The Morgan fingerprint density at radius 1 is 1.32 bits per heavy atom. The Hall–Kier alpha value is -1.06. The predicted octanol–water partition coefficient (Wildman–Crippen LogP) is -4.01. The van der Waals surface area contributed by atoms with E-state index in [9.17, 15) is 19.5 Å². The van der Waals surface area contributed by atoms with E-state index in [0.29, 0.717) is 5.56 Å². The molecule has 4 atom stereocenters. The zero-order valence-electron chi connectivity index (χ0n) is 14.3. The number of nitrogens with one attached hydrogen (secondary N) is 1. The number of thioether (sulfide) groups is 1. The second-order valence-electron chi connectivity index (χ2n) is 6.45. The largest absolute Gasteiger partial charge is 1.00 e. The number of carbonyl (C=O) groups is 3. The van der Waals surface area contributed by atoms with Gasteiger partial charge in [-0.1, -0.05) is 30.3 Å². The van der Waals surface area contributed by atoms with Gasteiger partial charge in [0.15, 0.2) is 0 Å². The van der Waals surface area contributed by atoms with Gasteiger partial charge in [0.05, 0.1) is 12.0 Å². The molecule has 128 valence electrons. The number of β-lactam (4-membered cyclic amide) rings is 1. The van der Waals surface area contributed by atoms with Gasteiger partial charge in [-0.05, 0) is 19.4 Å². The van der Waals surface area contributed by atoms with Crippen molar-refractivity contribution in [3.8, 4) is 0 Å². The number of nitrogens with two attached hydrogens (primary N) is 1. The molecule has 3 N–H and O–H groups in total. The standard InChI is InChI=1S/C16H19N3O4S.Na/c1-16(2)11(15(22)23)19-13(21)10(14(19)24-16)18-12(20)9(17)8-6-4-3-5-7-8;/h3-7,9-11,14H,17H2,1-2H3,(H,18,20)(H,22,23);/q;+1/p-1/t9-,10-,11+,14?;/m1./s1. The summed E-state index contributed by atoms with van der Waals surface area (Å²) in [5.41, 5.74) is 6.57. The molecule has 3 rings (SSSR count). The van der Waals surface area contributed by atoms with Crippen LogP contribution in [0.1, 0.15) is 25.5 Å². The molecule has 7 nitrogen and oxygen atoms in total. The first-order valence-electron chi connectivity index (χ1n) is 7.56. The smallest absolute Gasteiger partial charge is 0.548 e. The minimum absolute atomic E-state index is 0. The van der Waals surface area contributed by atoms with Gasteiger partial charge in [-0.2, -0.15) is 0 Å². The van der Waals surface area contributed by atoms with Gasteiger partial charge in [-0.15, -0.1) is 11.8 Å². The van der Waals surface area contributed by atoms with Crippen LogP contribution in [-0.2, 0) is 14.4 Å². The maximum atomic E-state index is 12.3. The van der Waals surface area contributed by atoms with Crippen LogP contribution in [0.4, 0.5) is 0 Å². The number of nitrogens with zero attached hydrogens (tertiary/aromatic N) is 1. The molecule has 2 fully saturated rings. The molecular weight excluding hydrogens is 353 g/mol. The molecule has 0 radical (unpaired) electrons. The first kappa shape index (κ1) is 20.3. The number of benzene rings is 1. The molecule has 2 heterocycles. The van der Waals surface area contributed by atoms with Crippen LogP contribution < -0.4 is 45.7 Å². The van der Waals surface area contributed by atoms with E-state index in [1.165, 1.54) is 16.7 Å². The van der Waals surface area contributed by atoms with Crippen molar-refractivity contribution in [2.45, 2.75) is 42.1 Å². The minimum Gasteiger partial charge on any atom is -0.548 e. The number of amides is 2. The second kappa shape index (κ2) is 7.28. The molecule has 2 amide bonds. The number of aliphatic carboxylic acids is 1. The number of rotatable bonds is 4. The van der Waals surface area contributed by atoms with Crippen molar-refractivity contribution in [2.75, 3.05) is 0 Å². The third kappa shape index (κ3) is 3.46. The van der Waals surface area contributed by atoms with Crippen molar-refractivity contribution >= 4 is 29.5 Å². The first-order valence-corrected chi connectivity index (χ1v) is 8.44. The number of fused-ring (bicyclic) bond motifs is 1. The molecule has 0 aromatic heterocycles. The van der Waals surface area contributed by atoms with Gasteiger partial charge in [-0.25, -0.2) is 0 Å². The summed E-state index contributed by atoms with van der Waals surface area (Å²) in [6, 6.07) is 6.19. The van der Waals surface area contributed by atoms with Crippen molar-refractivity contribution < 1.29 is 49.0 Å². The number of carboxylic acids is 1. The van der Waals surface area contributed by atoms with Crippen molar-refractivity contribution in [2.24, 2.45) is 5.73 Å². The third-order valence-corrected chi connectivity index (χ3v) is 5.97. The van der Waals surface area contributed by atoms with Crippen LogP contribution in [0.25, 0.3) is 0 Å². The Morgan fingerprint density at radius 3 is 2.48 bits per heavy atom. The molecule has 9 heteroatoms. The summed E-state index contributed by atoms with van der Waals surface area (Å²) >= 11 is 1.34. The van der Waals surface area contributed by atoms with Crippen molar-refractivity contribution in [1.29, 1.82) is 0 Å². The predicted molar refractivity (Wildman–Crippen MR) is 86.4 cm³/mol. The molecule has 0 aliphatic carbocycles. The summed E-state index contributed by atoms with van der Waals surface area (Å²) in [6.45, 7) is 3.50. The fraction of sp³-hybridized carbons (Fsp3) is 0.438. The van der Waals surface area contributed by atoms with Crippen LogP contribution in [0, 0.1) is 0 Å². The fourth-order valence-corrected chi connectivity index (χ4v) is 4.80. The first-order chi connectivity index (χ1) is 11.2. The van der Waals surface area contributed by atoms with Crippen LogP contribution in [0.5, 0.6) is 0 Å². The van der Waals surface area contributed by atoms with Crippen LogP contribution in [-0.4, -0.2) is 44.9 Å². The molecule has 1 aromatic carbocycles. The Balaban J connectivity index is 0.00000225. The van der Waals surface area contributed by atoms with E-state index in [4.69, 9.17) is 5.73 Å². The normalized spacial score (nSPS) is 27.6. The molecule has 25 heavy (non-hydrogen) atoms. The molecule has 1 aromatic rings. The van der Waals surface area contributed by atoms with E-state index in [-0.39, 0.29) is 29.6 Å². The summed E-state index contributed by atoms with van der Waals surface area (Å²) in [7, 11) is 0. The fourth-order valence-electron chi connectivity index (χ4n) is 3.18. The van der Waals surface area contributed by atoms with E-state index in [0.717, 1.165) is 0 Å². The van der Waals surface area contributed by atoms with Gasteiger partial charge in [-0.3, -0.25) is 9.59 Å². The average molecular weight is 371 g/mol. The summed E-state index contributed by atoms with van der Waals surface area (Å²) in [6.07, 6.45) is 0. The Labute approximate surface area is 172 Å². The van der Waals surface area contributed by atoms with Gasteiger partial charge < -0.3 is 25.9 Å². The third-order valence-electron chi connectivity index (χ3n) is 4.40. The van der Waals surface area contributed by atoms with Gasteiger partial charge in [0.1, 0.15) is 17.5 Å². The summed E-state index contributed by atoms with van der Waals surface area (Å²) in [5, 5.41) is 13.6. The van der Waals surface area contributed by atoms with Crippen molar-refractivity contribution in [3.63, 3.8) is 0 Å². The number of carbonyl (C=O) groups excluding carboxylic acids is 3. The molecule has 0 spiro atoms. The molecular formula is C16H18N3NaO4S. The Morgan fingerprint density at radius 2 is 1.92 bits per heavy atom. The van der Waals surface area contributed by atoms with E-state index < -0.39 is 46.0 Å². The number of hydrogen-bond acceptors (Lipinski definition) is 6. The van der Waals surface area contributed by atoms with E-state index in [2.05, 4.69) is 5.32 Å². The van der Waals surface area contributed by atoms with E-state index in [1.807, 2.05) is 6.07 Å². The summed E-state index contributed by atoms with van der Waals surface area (Å²) in [5.74, 6) is -2.16.